The summed E-state index contributed by atoms with van der Waals surface area (Å²) in [6.45, 7) is 6.02. The fraction of sp³-hybridized carbons (Fsp3) is 0.515. The summed E-state index contributed by atoms with van der Waals surface area (Å²) in [7, 11) is 0.436. The van der Waals surface area contributed by atoms with Gasteiger partial charge in [-0.1, -0.05) is 25.3 Å². The molecule has 1 aliphatic heterocycles. The lowest BCUT2D eigenvalue weighted by molar-refractivity contribution is 0.0489. The maximum atomic E-state index is 13.2. The average Bonchev–Trinajstić information content (AvgIpc) is 3.58. The van der Waals surface area contributed by atoms with Crippen molar-refractivity contribution in [3.05, 3.63) is 53.1 Å². The molecule has 2 N–H and O–H groups in total. The molecular formula is C33H42N4O6S. The number of carbonyl (C=O) groups is 2. The number of amides is 2. The van der Waals surface area contributed by atoms with E-state index >= 15 is 0 Å². The SMILES string of the molecule is COc1ccc2c(c1)[C@@H]1C[C@]1(NC(=O)OC(C)(C)C)Cn1c-2c(C2CCCCC2)c2ccc(C(=O)NS(=O)(=O)N(C)C)cc21. The van der Waals surface area contributed by atoms with Crippen LogP contribution in [0.3, 0.4) is 0 Å². The van der Waals surface area contributed by atoms with Gasteiger partial charge in [0.05, 0.1) is 18.3 Å². The third kappa shape index (κ3) is 5.45. The Bertz CT molecular complexity index is 1750. The quantitative estimate of drug-likeness (QED) is 0.366. The molecule has 2 aliphatic carbocycles. The molecule has 0 saturated heterocycles. The monoisotopic (exact) mass is 622 g/mol. The van der Waals surface area contributed by atoms with Gasteiger partial charge in [0, 0.05) is 48.6 Å². The van der Waals surface area contributed by atoms with Crippen LogP contribution in [0.25, 0.3) is 22.2 Å². The van der Waals surface area contributed by atoms with Crippen LogP contribution in [0, 0.1) is 0 Å². The number of rotatable bonds is 6. The van der Waals surface area contributed by atoms with Crippen molar-refractivity contribution in [2.24, 2.45) is 0 Å². The molecule has 3 aromatic rings. The Morgan fingerprint density at radius 2 is 1.77 bits per heavy atom. The van der Waals surface area contributed by atoms with E-state index in [1.54, 1.807) is 19.2 Å². The summed E-state index contributed by atoms with van der Waals surface area (Å²) >= 11 is 0. The average molecular weight is 623 g/mol. The van der Waals surface area contributed by atoms with Crippen LogP contribution in [-0.2, 0) is 21.5 Å². The summed E-state index contributed by atoms with van der Waals surface area (Å²) < 4.78 is 41.7. The summed E-state index contributed by atoms with van der Waals surface area (Å²) in [4.78, 5) is 26.4. The Morgan fingerprint density at radius 1 is 1.05 bits per heavy atom. The largest absolute Gasteiger partial charge is 0.497 e. The zero-order valence-electron chi connectivity index (χ0n) is 26.3. The first kappa shape index (κ1) is 30.5. The van der Waals surface area contributed by atoms with Crippen LogP contribution in [0.15, 0.2) is 36.4 Å². The number of carbonyl (C=O) groups excluding carboxylic acids is 2. The molecule has 2 heterocycles. The lowest BCUT2D eigenvalue weighted by atomic mass is 9.81. The van der Waals surface area contributed by atoms with Crippen LogP contribution >= 0.6 is 0 Å². The maximum Gasteiger partial charge on any atom is 0.408 e. The number of hydrogen-bond donors (Lipinski definition) is 2. The van der Waals surface area contributed by atoms with Gasteiger partial charge in [0.15, 0.2) is 0 Å². The van der Waals surface area contributed by atoms with Gasteiger partial charge < -0.3 is 19.4 Å². The first-order chi connectivity index (χ1) is 20.7. The summed E-state index contributed by atoms with van der Waals surface area (Å²) in [5.74, 6) is 0.452. The van der Waals surface area contributed by atoms with Gasteiger partial charge in [0.1, 0.15) is 11.4 Å². The fourth-order valence-corrected chi connectivity index (χ4v) is 7.60. The van der Waals surface area contributed by atoms with Gasteiger partial charge in [-0.05, 0) is 87.4 Å². The highest BCUT2D eigenvalue weighted by Gasteiger charge is 2.59. The smallest absolute Gasteiger partial charge is 0.408 e. The van der Waals surface area contributed by atoms with Crippen LogP contribution in [-0.4, -0.2) is 61.6 Å². The van der Waals surface area contributed by atoms with Gasteiger partial charge in [-0.25, -0.2) is 9.52 Å². The third-order valence-corrected chi connectivity index (χ3v) is 10.6. The van der Waals surface area contributed by atoms with E-state index in [-0.39, 0.29) is 11.5 Å². The van der Waals surface area contributed by atoms with Crippen molar-refractivity contribution in [1.29, 1.82) is 0 Å². The Balaban J connectivity index is 1.55. The zero-order chi connectivity index (χ0) is 31.6. The number of nitrogens with one attached hydrogen (secondary N) is 2. The predicted octanol–water partition coefficient (Wildman–Crippen LogP) is 5.67. The molecule has 2 fully saturated rings. The van der Waals surface area contributed by atoms with Gasteiger partial charge in [-0.2, -0.15) is 12.7 Å². The third-order valence-electron chi connectivity index (χ3n) is 9.24. The molecule has 0 bridgehead atoms. The number of fused-ring (bicyclic) bond motifs is 7. The van der Waals surface area contributed by atoms with Crippen LogP contribution in [0.1, 0.15) is 92.6 Å². The first-order valence-electron chi connectivity index (χ1n) is 15.3. The first-order valence-corrected chi connectivity index (χ1v) is 16.8. The second kappa shape index (κ2) is 10.8. The van der Waals surface area contributed by atoms with Gasteiger partial charge >= 0.3 is 16.3 Å². The second-order valence-corrected chi connectivity index (χ2v) is 15.5. The lowest BCUT2D eigenvalue weighted by Gasteiger charge is -2.25. The zero-order valence-corrected chi connectivity index (χ0v) is 27.1. The second-order valence-electron chi connectivity index (χ2n) is 13.6. The van der Waals surface area contributed by atoms with Crippen LogP contribution in [0.2, 0.25) is 0 Å². The van der Waals surface area contributed by atoms with Gasteiger partial charge in [-0.3, -0.25) is 4.79 Å². The number of hydrogen-bond acceptors (Lipinski definition) is 6. The van der Waals surface area contributed by atoms with Crippen LogP contribution < -0.4 is 14.8 Å². The summed E-state index contributed by atoms with van der Waals surface area (Å²) in [5, 5.41) is 4.28. The van der Waals surface area contributed by atoms with E-state index in [4.69, 9.17) is 9.47 Å². The van der Waals surface area contributed by atoms with Crippen molar-refractivity contribution in [2.75, 3.05) is 21.2 Å². The Kier molecular flexibility index (Phi) is 7.48. The van der Waals surface area contributed by atoms with E-state index in [1.807, 2.05) is 32.9 Å². The number of aromatic nitrogens is 1. The predicted molar refractivity (Wildman–Crippen MR) is 169 cm³/mol. The van der Waals surface area contributed by atoms with Crippen LogP contribution in [0.4, 0.5) is 4.79 Å². The summed E-state index contributed by atoms with van der Waals surface area (Å²) in [6.07, 6.45) is 5.94. The molecule has 2 atom stereocenters. The highest BCUT2D eigenvalue weighted by atomic mass is 32.2. The molecule has 2 aromatic carbocycles. The molecule has 3 aliphatic rings. The molecule has 1 aromatic heterocycles. The molecule has 44 heavy (non-hydrogen) atoms. The highest BCUT2D eigenvalue weighted by Crippen LogP contribution is 2.60. The lowest BCUT2D eigenvalue weighted by Crippen LogP contribution is -2.44. The maximum absolute atomic E-state index is 13.2. The van der Waals surface area contributed by atoms with E-state index in [9.17, 15) is 18.0 Å². The number of benzene rings is 2. The van der Waals surface area contributed by atoms with E-state index in [0.29, 0.717) is 12.5 Å². The molecule has 0 unspecified atom stereocenters. The van der Waals surface area contributed by atoms with Crippen molar-refractivity contribution in [2.45, 2.75) is 88.8 Å². The molecule has 10 nitrogen and oxygen atoms in total. The highest BCUT2D eigenvalue weighted by molar-refractivity contribution is 7.87. The molecule has 11 heteroatoms. The molecule has 0 spiro atoms. The van der Waals surface area contributed by atoms with E-state index < -0.39 is 33.3 Å². The number of ether oxygens (including phenoxy) is 2. The van der Waals surface area contributed by atoms with Crippen LogP contribution in [0.5, 0.6) is 5.75 Å². The molecule has 2 saturated carbocycles. The molecule has 6 rings (SSSR count). The number of alkyl carbamates (subject to hydrolysis) is 1. The van der Waals surface area contributed by atoms with Crippen molar-refractivity contribution in [1.82, 2.24) is 18.9 Å². The fourth-order valence-electron chi connectivity index (χ4n) is 7.07. The number of nitrogens with zero attached hydrogens (tertiary/aromatic N) is 2. The van der Waals surface area contributed by atoms with E-state index in [2.05, 4.69) is 26.7 Å². The van der Waals surface area contributed by atoms with Crippen molar-refractivity contribution in [3.8, 4) is 17.0 Å². The van der Waals surface area contributed by atoms with E-state index in [0.717, 1.165) is 69.9 Å². The summed E-state index contributed by atoms with van der Waals surface area (Å²) in [5.41, 5.74) is 4.42. The van der Waals surface area contributed by atoms with Gasteiger partial charge in [-0.15, -0.1) is 0 Å². The molecule has 2 amide bonds. The summed E-state index contributed by atoms with van der Waals surface area (Å²) in [6, 6.07) is 11.6. The Hall–Kier alpha value is -3.57. The van der Waals surface area contributed by atoms with Crippen molar-refractivity contribution >= 4 is 33.1 Å². The minimum Gasteiger partial charge on any atom is -0.497 e. The normalized spacial score (nSPS) is 21.6. The van der Waals surface area contributed by atoms with Gasteiger partial charge in [0.2, 0.25) is 0 Å². The van der Waals surface area contributed by atoms with E-state index in [1.165, 1.54) is 26.1 Å². The standard InChI is InChI=1S/C33H42N4O6S/c1-32(2,3)43-31(39)34-33-18-26(33)25-17-22(42-6)13-15-23(25)29-28(20-10-8-7-9-11-20)24-14-12-21(16-27(24)37(29)19-33)30(38)35-44(40,41)36(4)5/h12-17,20,26H,7-11,18-19H2,1-6H3,(H,34,39)(H,35,38)/t26-,33-/m0/s1. The molecule has 0 radical (unpaired) electrons. The van der Waals surface area contributed by atoms with Crippen molar-refractivity contribution < 1.29 is 27.5 Å². The van der Waals surface area contributed by atoms with Gasteiger partial charge in [0.25, 0.3) is 5.91 Å². The Labute approximate surface area is 259 Å². The Morgan fingerprint density at radius 3 is 2.43 bits per heavy atom. The minimum atomic E-state index is -3.97. The number of methoxy groups -OCH3 is 1. The minimum absolute atomic E-state index is 0.0472. The topological polar surface area (TPSA) is 119 Å². The molecule has 236 valence electrons. The van der Waals surface area contributed by atoms with Crippen molar-refractivity contribution in [3.63, 3.8) is 0 Å². The molecular weight excluding hydrogens is 580 g/mol.